The zero-order chi connectivity index (χ0) is 14.5. The Morgan fingerprint density at radius 1 is 1.40 bits per heavy atom. The number of hydrazine groups is 1. The molecule has 0 saturated carbocycles. The highest BCUT2D eigenvalue weighted by Gasteiger charge is 2.05. The first-order valence-corrected chi connectivity index (χ1v) is 5.95. The summed E-state index contributed by atoms with van der Waals surface area (Å²) in [6, 6.07) is 7.89. The van der Waals surface area contributed by atoms with Crippen molar-refractivity contribution in [3.8, 4) is 5.75 Å². The number of pyridine rings is 1. The Morgan fingerprint density at radius 3 is 2.80 bits per heavy atom. The molecule has 6 heteroatoms. The van der Waals surface area contributed by atoms with Gasteiger partial charge in [-0.15, -0.1) is 0 Å². The van der Waals surface area contributed by atoms with Gasteiger partial charge in [-0.05, 0) is 30.7 Å². The van der Waals surface area contributed by atoms with Crippen LogP contribution in [-0.4, -0.2) is 10.9 Å². The van der Waals surface area contributed by atoms with Gasteiger partial charge < -0.3 is 4.74 Å². The molecule has 2 aromatic rings. The quantitative estimate of drug-likeness (QED) is 0.506. The van der Waals surface area contributed by atoms with Crippen molar-refractivity contribution in [1.29, 1.82) is 0 Å². The number of carbonyl (C=O) groups is 1. The van der Waals surface area contributed by atoms with Gasteiger partial charge in [-0.25, -0.2) is 10.2 Å². The van der Waals surface area contributed by atoms with Crippen molar-refractivity contribution < 1.29 is 13.9 Å². The maximum absolute atomic E-state index is 13.3. The molecule has 0 atom stereocenters. The summed E-state index contributed by atoms with van der Waals surface area (Å²) in [5.74, 6) is 4.72. The zero-order valence-corrected chi connectivity index (χ0v) is 10.9. The van der Waals surface area contributed by atoms with Gasteiger partial charge in [-0.1, -0.05) is 6.07 Å². The molecule has 5 nitrogen and oxygen atoms in total. The average Bonchev–Trinajstić information content (AvgIpc) is 2.48. The van der Waals surface area contributed by atoms with E-state index in [1.165, 1.54) is 12.3 Å². The van der Waals surface area contributed by atoms with Gasteiger partial charge in [0.15, 0.2) is 0 Å². The molecule has 0 fully saturated rings. The number of aryl methyl sites for hydroxylation is 1. The van der Waals surface area contributed by atoms with E-state index >= 15 is 0 Å². The highest BCUT2D eigenvalue weighted by atomic mass is 19.1. The molecule has 0 spiro atoms. The van der Waals surface area contributed by atoms with Crippen molar-refractivity contribution in [1.82, 2.24) is 10.4 Å². The fourth-order valence-electron chi connectivity index (χ4n) is 1.55. The van der Waals surface area contributed by atoms with Crippen LogP contribution in [0.15, 0.2) is 36.5 Å². The largest absolute Gasteiger partial charge is 0.487 e. The highest BCUT2D eigenvalue weighted by molar-refractivity contribution is 5.93. The van der Waals surface area contributed by atoms with Gasteiger partial charge in [-0.2, -0.15) is 0 Å². The third kappa shape index (κ3) is 3.30. The highest BCUT2D eigenvalue weighted by Crippen LogP contribution is 2.16. The van der Waals surface area contributed by atoms with E-state index < -0.39 is 5.91 Å². The van der Waals surface area contributed by atoms with Crippen LogP contribution in [0.2, 0.25) is 0 Å². The second-order valence-electron chi connectivity index (χ2n) is 4.21. The molecule has 0 saturated heterocycles. The maximum atomic E-state index is 13.3. The molecule has 0 aliphatic rings. The number of hydrogen-bond acceptors (Lipinski definition) is 4. The van der Waals surface area contributed by atoms with Gasteiger partial charge in [0.1, 0.15) is 18.2 Å². The molecular formula is C14H14FN3O2. The van der Waals surface area contributed by atoms with Crippen molar-refractivity contribution in [2.24, 2.45) is 5.84 Å². The Kier molecular flexibility index (Phi) is 4.27. The predicted molar refractivity (Wildman–Crippen MR) is 71.4 cm³/mol. The molecule has 104 valence electrons. The van der Waals surface area contributed by atoms with Crippen LogP contribution in [-0.2, 0) is 6.61 Å². The summed E-state index contributed by atoms with van der Waals surface area (Å²) >= 11 is 0. The minimum Gasteiger partial charge on any atom is -0.487 e. The van der Waals surface area contributed by atoms with E-state index in [9.17, 15) is 9.18 Å². The van der Waals surface area contributed by atoms with E-state index in [-0.39, 0.29) is 12.4 Å². The SMILES string of the molecule is Cc1ccc(OCc2ccc(C(=O)NN)cn2)cc1F. The van der Waals surface area contributed by atoms with Crippen molar-refractivity contribution in [3.63, 3.8) is 0 Å². The summed E-state index contributed by atoms with van der Waals surface area (Å²) in [5.41, 5.74) is 3.56. The van der Waals surface area contributed by atoms with Crippen LogP contribution in [0.3, 0.4) is 0 Å². The Balaban J connectivity index is 2.00. The number of hydrogen-bond donors (Lipinski definition) is 2. The molecule has 1 heterocycles. The first kappa shape index (κ1) is 14.0. The van der Waals surface area contributed by atoms with Crippen LogP contribution in [0.25, 0.3) is 0 Å². The first-order valence-electron chi connectivity index (χ1n) is 5.95. The second-order valence-corrected chi connectivity index (χ2v) is 4.21. The standard InChI is InChI=1S/C14H14FN3O2/c1-9-2-5-12(6-13(9)15)20-8-11-4-3-10(7-17-11)14(19)18-16/h2-7H,8,16H2,1H3,(H,18,19). The summed E-state index contributed by atoms with van der Waals surface area (Å²) < 4.78 is 18.8. The summed E-state index contributed by atoms with van der Waals surface area (Å²) in [5, 5.41) is 0. The molecule has 0 radical (unpaired) electrons. The summed E-state index contributed by atoms with van der Waals surface area (Å²) in [7, 11) is 0. The number of benzene rings is 1. The predicted octanol–water partition coefficient (Wildman–Crippen LogP) is 1.71. The summed E-state index contributed by atoms with van der Waals surface area (Å²) in [4.78, 5) is 15.3. The van der Waals surface area contributed by atoms with E-state index in [4.69, 9.17) is 10.6 Å². The maximum Gasteiger partial charge on any atom is 0.266 e. The molecule has 0 bridgehead atoms. The normalized spacial score (nSPS) is 10.2. The second kappa shape index (κ2) is 6.12. The lowest BCUT2D eigenvalue weighted by Gasteiger charge is -2.07. The minimum absolute atomic E-state index is 0.188. The minimum atomic E-state index is -0.412. The Bertz CT molecular complexity index is 614. The summed E-state index contributed by atoms with van der Waals surface area (Å²) in [6.45, 7) is 1.87. The van der Waals surface area contributed by atoms with Crippen LogP contribution < -0.4 is 16.0 Å². The Hall–Kier alpha value is -2.47. The van der Waals surface area contributed by atoms with E-state index in [1.807, 2.05) is 5.43 Å². The number of rotatable bonds is 4. The van der Waals surface area contributed by atoms with Crippen molar-refractivity contribution in [2.75, 3.05) is 0 Å². The number of carbonyl (C=O) groups excluding carboxylic acids is 1. The molecule has 0 unspecified atom stereocenters. The zero-order valence-electron chi connectivity index (χ0n) is 10.9. The lowest BCUT2D eigenvalue weighted by Crippen LogP contribution is -2.30. The number of ether oxygens (including phenoxy) is 1. The van der Waals surface area contributed by atoms with Gasteiger partial charge in [-0.3, -0.25) is 15.2 Å². The third-order valence-electron chi connectivity index (χ3n) is 2.75. The monoisotopic (exact) mass is 275 g/mol. The van der Waals surface area contributed by atoms with Crippen LogP contribution in [0.4, 0.5) is 4.39 Å². The number of nitrogens with one attached hydrogen (secondary N) is 1. The van der Waals surface area contributed by atoms with Crippen LogP contribution in [0.1, 0.15) is 21.6 Å². The van der Waals surface area contributed by atoms with E-state index in [0.29, 0.717) is 22.6 Å². The van der Waals surface area contributed by atoms with Gasteiger partial charge in [0.2, 0.25) is 0 Å². The number of nitrogens with two attached hydrogens (primary N) is 1. The summed E-state index contributed by atoms with van der Waals surface area (Å²) in [6.07, 6.45) is 1.40. The molecule has 3 N–H and O–H groups in total. The van der Waals surface area contributed by atoms with Crippen molar-refractivity contribution in [3.05, 3.63) is 59.2 Å². The molecule has 1 amide bonds. The van der Waals surface area contributed by atoms with Crippen LogP contribution in [0, 0.1) is 12.7 Å². The first-order chi connectivity index (χ1) is 9.60. The lowest BCUT2D eigenvalue weighted by atomic mass is 10.2. The molecule has 1 aromatic heterocycles. The molecule has 1 aromatic carbocycles. The molecule has 2 rings (SSSR count). The van der Waals surface area contributed by atoms with Gasteiger partial charge in [0.25, 0.3) is 5.91 Å². The third-order valence-corrected chi connectivity index (χ3v) is 2.75. The van der Waals surface area contributed by atoms with Crippen molar-refractivity contribution >= 4 is 5.91 Å². The Labute approximate surface area is 115 Å². The van der Waals surface area contributed by atoms with E-state index in [1.54, 1.807) is 31.2 Å². The van der Waals surface area contributed by atoms with Crippen molar-refractivity contribution in [2.45, 2.75) is 13.5 Å². The van der Waals surface area contributed by atoms with Gasteiger partial charge >= 0.3 is 0 Å². The van der Waals surface area contributed by atoms with E-state index in [2.05, 4.69) is 4.98 Å². The average molecular weight is 275 g/mol. The molecule has 0 aliphatic heterocycles. The smallest absolute Gasteiger partial charge is 0.266 e. The Morgan fingerprint density at radius 2 is 2.20 bits per heavy atom. The van der Waals surface area contributed by atoms with Gasteiger partial charge in [0, 0.05) is 12.3 Å². The number of halogens is 1. The topological polar surface area (TPSA) is 77.2 Å². The van der Waals surface area contributed by atoms with E-state index in [0.717, 1.165) is 0 Å². The molecular weight excluding hydrogens is 261 g/mol. The number of nitrogen functional groups attached to an aromatic ring is 1. The molecule has 20 heavy (non-hydrogen) atoms. The number of nitrogens with zero attached hydrogens (tertiary/aromatic N) is 1. The number of amides is 1. The fourth-order valence-corrected chi connectivity index (χ4v) is 1.55. The lowest BCUT2D eigenvalue weighted by molar-refractivity contribution is 0.0953. The number of aromatic nitrogens is 1. The fraction of sp³-hybridized carbons (Fsp3) is 0.143. The van der Waals surface area contributed by atoms with Crippen LogP contribution >= 0.6 is 0 Å². The van der Waals surface area contributed by atoms with Gasteiger partial charge in [0.05, 0.1) is 11.3 Å². The van der Waals surface area contributed by atoms with Crippen LogP contribution in [0.5, 0.6) is 5.75 Å². The molecule has 0 aliphatic carbocycles.